The van der Waals surface area contributed by atoms with Crippen LogP contribution in [0.25, 0.3) is 0 Å². The van der Waals surface area contributed by atoms with E-state index in [-0.39, 0.29) is 30.8 Å². The van der Waals surface area contributed by atoms with Gasteiger partial charge in [0, 0.05) is 19.5 Å². The molecule has 0 atom stereocenters. The molecular formula is C20H30N4O3. The summed E-state index contributed by atoms with van der Waals surface area (Å²) < 4.78 is 0. The molecule has 1 aliphatic rings. The fraction of sp³-hybridized carbons (Fsp3) is 0.550. The number of hydrogen-bond acceptors (Lipinski definition) is 4. The third-order valence-corrected chi connectivity index (χ3v) is 4.39. The number of hydrogen-bond donors (Lipinski definition) is 2. The summed E-state index contributed by atoms with van der Waals surface area (Å²) in [5.74, 6) is -0.177. The van der Waals surface area contributed by atoms with E-state index in [1.54, 1.807) is 11.0 Å². The van der Waals surface area contributed by atoms with Crippen molar-refractivity contribution >= 4 is 29.1 Å². The van der Waals surface area contributed by atoms with Gasteiger partial charge in [0.05, 0.1) is 24.5 Å². The molecule has 1 fully saturated rings. The van der Waals surface area contributed by atoms with Gasteiger partial charge in [-0.05, 0) is 37.9 Å². The SMILES string of the molecule is CCCNC(=O)CN(CCC)CC(=O)Nc1ccccc1N1CCCC1=O. The molecule has 0 radical (unpaired) electrons. The van der Waals surface area contributed by atoms with Gasteiger partial charge in [-0.3, -0.25) is 19.3 Å². The Balaban J connectivity index is 1.99. The average molecular weight is 374 g/mol. The fourth-order valence-electron chi connectivity index (χ4n) is 3.16. The van der Waals surface area contributed by atoms with Crippen molar-refractivity contribution in [2.75, 3.05) is 42.9 Å². The Morgan fingerprint density at radius 1 is 1.11 bits per heavy atom. The molecule has 0 spiro atoms. The van der Waals surface area contributed by atoms with E-state index in [0.29, 0.717) is 31.7 Å². The summed E-state index contributed by atoms with van der Waals surface area (Å²) in [5.41, 5.74) is 1.36. The maximum absolute atomic E-state index is 12.6. The number of amides is 3. The highest BCUT2D eigenvalue weighted by Gasteiger charge is 2.24. The van der Waals surface area contributed by atoms with Crippen LogP contribution in [-0.4, -0.2) is 55.3 Å². The molecule has 0 aliphatic carbocycles. The molecule has 1 aromatic carbocycles. The smallest absolute Gasteiger partial charge is 0.238 e. The molecular weight excluding hydrogens is 344 g/mol. The minimum absolute atomic E-state index is 0.0684. The predicted octanol–water partition coefficient (Wildman–Crippen LogP) is 1.99. The van der Waals surface area contributed by atoms with Gasteiger partial charge in [0.2, 0.25) is 17.7 Å². The van der Waals surface area contributed by atoms with Gasteiger partial charge in [0.25, 0.3) is 0 Å². The number of carbonyl (C=O) groups is 3. The molecule has 1 aliphatic heterocycles. The highest BCUT2D eigenvalue weighted by Crippen LogP contribution is 2.29. The van der Waals surface area contributed by atoms with Crippen molar-refractivity contribution in [2.45, 2.75) is 39.5 Å². The Hall–Kier alpha value is -2.41. The monoisotopic (exact) mass is 374 g/mol. The molecule has 2 N–H and O–H groups in total. The second-order valence-corrected chi connectivity index (χ2v) is 6.77. The zero-order valence-electron chi connectivity index (χ0n) is 16.3. The highest BCUT2D eigenvalue weighted by atomic mass is 16.2. The molecule has 7 nitrogen and oxygen atoms in total. The first-order valence-electron chi connectivity index (χ1n) is 9.73. The van der Waals surface area contributed by atoms with E-state index >= 15 is 0 Å². The number of benzene rings is 1. The molecule has 0 aromatic heterocycles. The van der Waals surface area contributed by atoms with E-state index in [1.807, 2.05) is 36.9 Å². The van der Waals surface area contributed by atoms with Crippen molar-refractivity contribution in [2.24, 2.45) is 0 Å². The molecule has 3 amide bonds. The van der Waals surface area contributed by atoms with Gasteiger partial charge in [-0.2, -0.15) is 0 Å². The Morgan fingerprint density at radius 3 is 2.52 bits per heavy atom. The van der Waals surface area contributed by atoms with Gasteiger partial charge >= 0.3 is 0 Å². The van der Waals surface area contributed by atoms with Crippen molar-refractivity contribution < 1.29 is 14.4 Å². The summed E-state index contributed by atoms with van der Waals surface area (Å²) in [4.78, 5) is 40.1. The lowest BCUT2D eigenvalue weighted by Crippen LogP contribution is -2.41. The van der Waals surface area contributed by atoms with E-state index in [9.17, 15) is 14.4 Å². The summed E-state index contributed by atoms with van der Waals surface area (Å²) in [7, 11) is 0. The van der Waals surface area contributed by atoms with Crippen molar-refractivity contribution in [3.63, 3.8) is 0 Å². The minimum atomic E-state index is -0.189. The van der Waals surface area contributed by atoms with E-state index in [1.165, 1.54) is 0 Å². The number of nitrogens with one attached hydrogen (secondary N) is 2. The van der Waals surface area contributed by atoms with Crippen LogP contribution in [0.15, 0.2) is 24.3 Å². The Kier molecular flexibility index (Phi) is 8.26. The maximum atomic E-state index is 12.6. The third-order valence-electron chi connectivity index (χ3n) is 4.39. The zero-order chi connectivity index (χ0) is 19.6. The summed E-state index contributed by atoms with van der Waals surface area (Å²) >= 11 is 0. The second-order valence-electron chi connectivity index (χ2n) is 6.77. The number of nitrogens with zero attached hydrogens (tertiary/aromatic N) is 2. The summed E-state index contributed by atoms with van der Waals surface area (Å²) in [6, 6.07) is 7.34. The standard InChI is InChI=1S/C20H30N4O3/c1-3-11-21-18(25)14-23(12-4-2)15-19(26)22-16-8-5-6-9-17(16)24-13-7-10-20(24)27/h5-6,8-9H,3-4,7,10-15H2,1-2H3,(H,21,25)(H,22,26). The lowest BCUT2D eigenvalue weighted by atomic mass is 10.2. The topological polar surface area (TPSA) is 81.8 Å². The van der Waals surface area contributed by atoms with Crippen LogP contribution in [0.2, 0.25) is 0 Å². The molecule has 1 heterocycles. The van der Waals surface area contributed by atoms with Crippen LogP contribution in [0, 0.1) is 0 Å². The van der Waals surface area contributed by atoms with Crippen LogP contribution in [0.1, 0.15) is 39.5 Å². The molecule has 148 valence electrons. The lowest BCUT2D eigenvalue weighted by molar-refractivity contribution is -0.123. The molecule has 2 rings (SSSR count). The third kappa shape index (κ3) is 6.36. The van der Waals surface area contributed by atoms with Crippen LogP contribution in [0.4, 0.5) is 11.4 Å². The quantitative estimate of drug-likeness (QED) is 0.656. The first kappa shape index (κ1) is 20.9. The molecule has 0 bridgehead atoms. The van der Waals surface area contributed by atoms with Gasteiger partial charge in [-0.15, -0.1) is 0 Å². The molecule has 1 saturated heterocycles. The number of rotatable bonds is 10. The number of anilines is 2. The Labute approximate surface area is 161 Å². The number of carbonyl (C=O) groups excluding carboxylic acids is 3. The molecule has 1 aromatic rings. The second kappa shape index (κ2) is 10.7. The van der Waals surface area contributed by atoms with E-state index in [4.69, 9.17) is 0 Å². The number of para-hydroxylation sites is 2. The molecule has 0 unspecified atom stereocenters. The maximum Gasteiger partial charge on any atom is 0.238 e. The Morgan fingerprint density at radius 2 is 1.85 bits per heavy atom. The molecule has 7 heteroatoms. The van der Waals surface area contributed by atoms with E-state index in [0.717, 1.165) is 24.9 Å². The van der Waals surface area contributed by atoms with E-state index in [2.05, 4.69) is 10.6 Å². The highest BCUT2D eigenvalue weighted by molar-refractivity contribution is 6.02. The minimum Gasteiger partial charge on any atom is -0.355 e. The lowest BCUT2D eigenvalue weighted by Gasteiger charge is -2.23. The van der Waals surface area contributed by atoms with Crippen molar-refractivity contribution in [3.8, 4) is 0 Å². The van der Waals surface area contributed by atoms with Crippen molar-refractivity contribution in [1.29, 1.82) is 0 Å². The van der Waals surface area contributed by atoms with Gasteiger partial charge in [0.1, 0.15) is 0 Å². The normalized spacial score (nSPS) is 13.9. The van der Waals surface area contributed by atoms with Gasteiger partial charge in [0.15, 0.2) is 0 Å². The summed E-state index contributed by atoms with van der Waals surface area (Å²) in [6.07, 6.45) is 3.11. The largest absolute Gasteiger partial charge is 0.355 e. The fourth-order valence-corrected chi connectivity index (χ4v) is 3.16. The molecule has 27 heavy (non-hydrogen) atoms. The van der Waals surface area contributed by atoms with Crippen LogP contribution >= 0.6 is 0 Å². The Bertz CT molecular complexity index is 662. The van der Waals surface area contributed by atoms with Crippen molar-refractivity contribution in [1.82, 2.24) is 10.2 Å². The van der Waals surface area contributed by atoms with Crippen LogP contribution < -0.4 is 15.5 Å². The predicted molar refractivity (Wildman–Crippen MR) is 107 cm³/mol. The van der Waals surface area contributed by atoms with Gasteiger partial charge in [-0.25, -0.2) is 0 Å². The summed E-state index contributed by atoms with van der Waals surface area (Å²) in [5, 5.41) is 5.75. The van der Waals surface area contributed by atoms with Crippen LogP contribution in [0.5, 0.6) is 0 Å². The van der Waals surface area contributed by atoms with Crippen LogP contribution in [-0.2, 0) is 14.4 Å². The van der Waals surface area contributed by atoms with Crippen LogP contribution in [0.3, 0.4) is 0 Å². The van der Waals surface area contributed by atoms with Gasteiger partial charge < -0.3 is 15.5 Å². The van der Waals surface area contributed by atoms with Crippen molar-refractivity contribution in [3.05, 3.63) is 24.3 Å². The average Bonchev–Trinajstić information content (AvgIpc) is 3.06. The summed E-state index contributed by atoms with van der Waals surface area (Å²) in [6.45, 7) is 6.33. The van der Waals surface area contributed by atoms with E-state index < -0.39 is 0 Å². The first-order valence-corrected chi connectivity index (χ1v) is 9.73. The molecule has 0 saturated carbocycles. The first-order chi connectivity index (χ1) is 13.0. The van der Waals surface area contributed by atoms with Gasteiger partial charge in [-0.1, -0.05) is 26.0 Å². The zero-order valence-corrected chi connectivity index (χ0v) is 16.3.